The van der Waals surface area contributed by atoms with Gasteiger partial charge in [-0.1, -0.05) is 116 Å². The first-order valence-corrected chi connectivity index (χ1v) is 14.2. The van der Waals surface area contributed by atoms with Gasteiger partial charge in [0.2, 0.25) is 0 Å². The first kappa shape index (κ1) is 24.4. The quantitative estimate of drug-likeness (QED) is 0.227. The van der Waals surface area contributed by atoms with Gasteiger partial charge in [0.25, 0.3) is 0 Å². The van der Waals surface area contributed by atoms with Gasteiger partial charge in [-0.15, -0.1) is 0 Å². The molecular formula is C38H26N4. The predicted molar refractivity (Wildman–Crippen MR) is 165 cm³/mol. The molecule has 4 nitrogen and oxygen atoms in total. The molecule has 6 aromatic rings. The van der Waals surface area contributed by atoms with E-state index in [1.54, 1.807) is 0 Å². The largest absolute Gasteiger partial charge is 0.212 e. The van der Waals surface area contributed by atoms with Crippen molar-refractivity contribution < 1.29 is 0 Å². The Balaban J connectivity index is 1.42. The number of nitrogens with zero attached hydrogens (tertiary/aromatic N) is 4. The van der Waals surface area contributed by atoms with Crippen molar-refractivity contribution in [1.29, 1.82) is 5.26 Å². The molecule has 0 fully saturated rings. The van der Waals surface area contributed by atoms with Crippen molar-refractivity contribution in [3.63, 3.8) is 0 Å². The van der Waals surface area contributed by atoms with Crippen molar-refractivity contribution in [2.75, 3.05) is 0 Å². The minimum absolute atomic E-state index is 0.131. The van der Waals surface area contributed by atoms with E-state index in [9.17, 15) is 5.26 Å². The Hall–Kier alpha value is -5.40. The summed E-state index contributed by atoms with van der Waals surface area (Å²) in [4.78, 5) is 15.6. The van der Waals surface area contributed by atoms with E-state index in [4.69, 9.17) is 15.0 Å². The van der Waals surface area contributed by atoms with Crippen LogP contribution in [0.5, 0.6) is 0 Å². The lowest BCUT2D eigenvalue weighted by atomic mass is 9.72. The van der Waals surface area contributed by atoms with Crippen LogP contribution in [-0.2, 0) is 10.8 Å². The van der Waals surface area contributed by atoms with Crippen LogP contribution in [-0.4, -0.2) is 15.0 Å². The van der Waals surface area contributed by atoms with Crippen LogP contribution >= 0.6 is 0 Å². The molecule has 0 saturated carbocycles. The van der Waals surface area contributed by atoms with Gasteiger partial charge < -0.3 is 0 Å². The second-order valence-corrected chi connectivity index (χ2v) is 11.5. The Bertz CT molecular complexity index is 1990. The highest BCUT2D eigenvalue weighted by Crippen LogP contribution is 2.65. The summed E-state index contributed by atoms with van der Waals surface area (Å²) in [6, 6.07) is 46.0. The minimum Gasteiger partial charge on any atom is -0.212 e. The van der Waals surface area contributed by atoms with Gasteiger partial charge in [-0.05, 0) is 58.0 Å². The summed E-state index contributed by atoms with van der Waals surface area (Å²) in [5.41, 5.74) is 8.85. The monoisotopic (exact) mass is 538 g/mol. The molecular weight excluding hydrogens is 512 g/mol. The van der Waals surface area contributed by atoms with E-state index in [1.807, 2.05) is 60.7 Å². The highest BCUT2D eigenvalue weighted by Gasteiger charge is 2.61. The first-order chi connectivity index (χ1) is 20.6. The van der Waals surface area contributed by atoms with Crippen LogP contribution in [0.1, 0.15) is 47.0 Å². The lowest BCUT2D eigenvalue weighted by Gasteiger charge is -2.31. The van der Waals surface area contributed by atoms with Crippen LogP contribution in [0.4, 0.5) is 0 Å². The Morgan fingerprint density at radius 1 is 0.548 bits per heavy atom. The van der Waals surface area contributed by atoms with Gasteiger partial charge in [0, 0.05) is 16.5 Å². The van der Waals surface area contributed by atoms with Gasteiger partial charge in [0.15, 0.2) is 11.6 Å². The highest BCUT2D eigenvalue weighted by molar-refractivity contribution is 5.75. The van der Waals surface area contributed by atoms with E-state index in [0.717, 1.165) is 34.5 Å². The van der Waals surface area contributed by atoms with Gasteiger partial charge in [-0.2, -0.15) is 5.26 Å². The molecule has 0 atom stereocenters. The molecule has 0 aliphatic heterocycles. The highest BCUT2D eigenvalue weighted by atomic mass is 15.1. The molecule has 0 N–H and O–H groups in total. The zero-order valence-electron chi connectivity index (χ0n) is 23.1. The van der Waals surface area contributed by atoms with Crippen LogP contribution in [0, 0.1) is 11.3 Å². The fraction of sp³-hybridized carbons (Fsp3) is 0.105. The van der Waals surface area contributed by atoms with Crippen LogP contribution in [0.3, 0.4) is 0 Å². The average molecular weight is 539 g/mol. The van der Waals surface area contributed by atoms with Crippen molar-refractivity contribution in [3.8, 4) is 40.0 Å². The van der Waals surface area contributed by atoms with Crippen LogP contribution in [0.15, 0.2) is 127 Å². The fourth-order valence-electron chi connectivity index (χ4n) is 7.22. The molecule has 42 heavy (non-hydrogen) atoms. The van der Waals surface area contributed by atoms with Crippen LogP contribution in [0.25, 0.3) is 33.9 Å². The first-order valence-electron chi connectivity index (χ1n) is 14.2. The molecule has 8 rings (SSSR count). The minimum atomic E-state index is -0.502. The second-order valence-electron chi connectivity index (χ2n) is 11.5. The Kier molecular flexibility index (Phi) is 5.26. The Morgan fingerprint density at radius 3 is 1.64 bits per heavy atom. The SMILES string of the molecule is CC12CC(c3nc(-c4ccccc4)nc(-c4cc(C#N)cc(-c5ccccc5)c4)n3)(c3ccccc31)c1ccccc12. The lowest BCUT2D eigenvalue weighted by Crippen LogP contribution is -2.29. The Morgan fingerprint density at radius 2 is 1.05 bits per heavy atom. The van der Waals surface area contributed by atoms with E-state index >= 15 is 0 Å². The molecule has 0 amide bonds. The van der Waals surface area contributed by atoms with E-state index in [1.165, 1.54) is 22.3 Å². The maximum atomic E-state index is 9.97. The summed E-state index contributed by atoms with van der Waals surface area (Å²) in [7, 11) is 0. The van der Waals surface area contributed by atoms with Crippen molar-refractivity contribution in [2.24, 2.45) is 0 Å². The molecule has 2 aliphatic rings. The topological polar surface area (TPSA) is 62.5 Å². The number of nitriles is 1. The van der Waals surface area contributed by atoms with Crippen LogP contribution < -0.4 is 0 Å². The smallest absolute Gasteiger partial charge is 0.163 e. The van der Waals surface area contributed by atoms with Crippen molar-refractivity contribution in [1.82, 2.24) is 15.0 Å². The molecule has 5 aromatic carbocycles. The number of hydrogen-bond acceptors (Lipinski definition) is 4. The fourth-order valence-corrected chi connectivity index (χ4v) is 7.22. The molecule has 0 unspecified atom stereocenters. The summed E-state index contributed by atoms with van der Waals surface area (Å²) >= 11 is 0. The Labute approximate surface area is 245 Å². The molecule has 0 spiro atoms. The van der Waals surface area contributed by atoms with Gasteiger partial charge in [-0.25, -0.2) is 15.0 Å². The second kappa shape index (κ2) is 9.06. The molecule has 4 heteroatoms. The number of aromatic nitrogens is 3. The summed E-state index contributed by atoms with van der Waals surface area (Å²) in [6.07, 6.45) is 0.865. The number of benzene rings is 5. The number of rotatable bonds is 4. The number of hydrogen-bond donors (Lipinski definition) is 0. The molecule has 2 aliphatic carbocycles. The summed E-state index contributed by atoms with van der Waals surface area (Å²) in [5, 5.41) is 9.97. The standard InChI is InChI=1S/C38H26N4/c1-37-24-38(32-18-10-8-16-30(32)37,33-19-11-9-17-31(33)37)36-41-34(27-14-6-3-7-15-27)40-35(42-36)29-21-25(23-39)20-28(22-29)26-12-4-2-5-13-26/h2-22H,24H2,1H3. The third-order valence-electron chi connectivity index (χ3n) is 9.06. The van der Waals surface area contributed by atoms with Crippen LogP contribution in [0.2, 0.25) is 0 Å². The molecule has 0 saturated heterocycles. The zero-order chi connectivity index (χ0) is 28.3. The zero-order valence-corrected chi connectivity index (χ0v) is 23.1. The van der Waals surface area contributed by atoms with E-state index < -0.39 is 5.41 Å². The van der Waals surface area contributed by atoms with E-state index in [2.05, 4.69) is 79.7 Å². The number of fused-ring (bicyclic) bond motifs is 8. The predicted octanol–water partition coefficient (Wildman–Crippen LogP) is 8.10. The molecule has 1 aromatic heterocycles. The summed E-state index contributed by atoms with van der Waals surface area (Å²) < 4.78 is 0. The van der Waals surface area contributed by atoms with Crippen molar-refractivity contribution in [2.45, 2.75) is 24.2 Å². The van der Waals surface area contributed by atoms with Gasteiger partial charge in [0.1, 0.15) is 5.82 Å². The third kappa shape index (κ3) is 3.44. The molecule has 0 radical (unpaired) electrons. The average Bonchev–Trinajstić information content (AvgIpc) is 3.51. The maximum absolute atomic E-state index is 9.97. The third-order valence-corrected chi connectivity index (χ3v) is 9.06. The molecule has 1 heterocycles. The van der Waals surface area contributed by atoms with Crippen molar-refractivity contribution >= 4 is 0 Å². The molecule has 2 bridgehead atoms. The van der Waals surface area contributed by atoms with Gasteiger partial charge in [-0.3, -0.25) is 0 Å². The normalized spacial score (nSPS) is 19.6. The lowest BCUT2D eigenvalue weighted by molar-refractivity contribution is 0.514. The van der Waals surface area contributed by atoms with E-state index in [0.29, 0.717) is 17.2 Å². The van der Waals surface area contributed by atoms with E-state index in [-0.39, 0.29) is 5.41 Å². The summed E-state index contributed by atoms with van der Waals surface area (Å²) in [6.45, 7) is 2.35. The summed E-state index contributed by atoms with van der Waals surface area (Å²) in [5.74, 6) is 1.94. The van der Waals surface area contributed by atoms with Crippen molar-refractivity contribution in [3.05, 3.63) is 161 Å². The van der Waals surface area contributed by atoms with Gasteiger partial charge >= 0.3 is 0 Å². The maximum Gasteiger partial charge on any atom is 0.163 e. The molecule has 198 valence electrons. The van der Waals surface area contributed by atoms with Gasteiger partial charge in [0.05, 0.1) is 17.0 Å².